The quantitative estimate of drug-likeness (QED) is 0.437. The Bertz CT molecular complexity index is 1180. The highest BCUT2D eigenvalue weighted by atomic mass is 35.5. The van der Waals surface area contributed by atoms with Crippen LogP contribution in [-0.4, -0.2) is 49.5 Å². The molecule has 0 saturated carbocycles. The Morgan fingerprint density at radius 2 is 1.64 bits per heavy atom. The summed E-state index contributed by atoms with van der Waals surface area (Å²) < 4.78 is 26.1. The molecule has 36 heavy (non-hydrogen) atoms. The number of sulfonamides is 1. The van der Waals surface area contributed by atoms with Crippen molar-refractivity contribution in [1.29, 1.82) is 0 Å². The van der Waals surface area contributed by atoms with Gasteiger partial charge in [-0.05, 0) is 70.9 Å². The molecule has 0 aromatic heterocycles. The molecule has 0 aliphatic heterocycles. The SMILES string of the molecule is Cc1ccc(N(CCCC(=O)N(Cc2ccc(Cl)c(Cl)c2)[C@H](C)C(=O)NC(C)(C)C)S(C)(=O)=O)cc1. The summed E-state index contributed by atoms with van der Waals surface area (Å²) in [6, 6.07) is 11.5. The summed E-state index contributed by atoms with van der Waals surface area (Å²) in [4.78, 5) is 27.7. The fraction of sp³-hybridized carbons (Fsp3) is 0.462. The van der Waals surface area contributed by atoms with E-state index in [1.165, 1.54) is 9.21 Å². The molecule has 2 rings (SSSR count). The minimum atomic E-state index is -3.54. The molecular weight excluding hydrogens is 521 g/mol. The Morgan fingerprint density at radius 1 is 1.03 bits per heavy atom. The van der Waals surface area contributed by atoms with Gasteiger partial charge in [0.15, 0.2) is 0 Å². The minimum absolute atomic E-state index is 0.0618. The van der Waals surface area contributed by atoms with E-state index in [1.807, 2.05) is 39.8 Å². The minimum Gasteiger partial charge on any atom is -0.350 e. The van der Waals surface area contributed by atoms with E-state index < -0.39 is 21.6 Å². The second-order valence-corrected chi connectivity index (χ2v) is 12.7. The number of amides is 2. The summed E-state index contributed by atoms with van der Waals surface area (Å²) in [5.74, 6) is -0.552. The third kappa shape index (κ3) is 8.98. The molecule has 2 aromatic carbocycles. The molecular formula is C26H35Cl2N3O4S. The van der Waals surface area contributed by atoms with Gasteiger partial charge in [-0.2, -0.15) is 0 Å². The molecule has 0 unspecified atom stereocenters. The fourth-order valence-electron chi connectivity index (χ4n) is 3.61. The van der Waals surface area contributed by atoms with E-state index in [2.05, 4.69) is 5.32 Å². The Hall–Kier alpha value is -2.29. The van der Waals surface area contributed by atoms with Crippen molar-refractivity contribution < 1.29 is 18.0 Å². The molecule has 1 atom stereocenters. The maximum absolute atomic E-state index is 13.3. The van der Waals surface area contributed by atoms with Gasteiger partial charge in [0, 0.05) is 25.0 Å². The van der Waals surface area contributed by atoms with Gasteiger partial charge in [0.05, 0.1) is 22.0 Å². The third-order valence-electron chi connectivity index (χ3n) is 5.48. The molecule has 0 fully saturated rings. The zero-order valence-electron chi connectivity index (χ0n) is 21.6. The number of nitrogens with zero attached hydrogens (tertiary/aromatic N) is 2. The molecule has 10 heteroatoms. The van der Waals surface area contributed by atoms with Gasteiger partial charge in [-0.15, -0.1) is 0 Å². The van der Waals surface area contributed by atoms with Gasteiger partial charge in [-0.25, -0.2) is 8.42 Å². The first-order valence-electron chi connectivity index (χ1n) is 11.7. The van der Waals surface area contributed by atoms with Crippen molar-refractivity contribution in [2.45, 2.75) is 65.6 Å². The lowest BCUT2D eigenvalue weighted by molar-refractivity contribution is -0.141. The van der Waals surface area contributed by atoms with E-state index in [-0.39, 0.29) is 37.7 Å². The summed E-state index contributed by atoms with van der Waals surface area (Å²) in [7, 11) is -3.54. The first-order chi connectivity index (χ1) is 16.6. The van der Waals surface area contributed by atoms with Gasteiger partial charge >= 0.3 is 0 Å². The average Bonchev–Trinajstić information content (AvgIpc) is 2.75. The topological polar surface area (TPSA) is 86.8 Å². The Kier molecular flexibility index (Phi) is 10.2. The molecule has 198 valence electrons. The maximum atomic E-state index is 13.3. The van der Waals surface area contributed by atoms with E-state index in [4.69, 9.17) is 23.2 Å². The lowest BCUT2D eigenvalue weighted by Gasteiger charge is -2.32. The van der Waals surface area contributed by atoms with Crippen molar-refractivity contribution >= 4 is 50.7 Å². The Balaban J connectivity index is 2.21. The van der Waals surface area contributed by atoms with Crippen molar-refractivity contribution in [1.82, 2.24) is 10.2 Å². The lowest BCUT2D eigenvalue weighted by Crippen LogP contribution is -2.52. The molecule has 0 saturated heterocycles. The summed E-state index contributed by atoms with van der Waals surface area (Å²) in [6.45, 7) is 9.49. The maximum Gasteiger partial charge on any atom is 0.242 e. The van der Waals surface area contributed by atoms with Crippen molar-refractivity contribution in [2.24, 2.45) is 0 Å². The zero-order valence-corrected chi connectivity index (χ0v) is 24.0. The Morgan fingerprint density at radius 3 is 2.17 bits per heavy atom. The summed E-state index contributed by atoms with van der Waals surface area (Å²) in [5, 5.41) is 3.67. The number of carbonyl (C=O) groups excluding carboxylic acids is 2. The molecule has 2 amide bonds. The number of hydrogen-bond donors (Lipinski definition) is 1. The summed E-state index contributed by atoms with van der Waals surface area (Å²) in [6.07, 6.45) is 1.49. The number of carbonyl (C=O) groups is 2. The van der Waals surface area contributed by atoms with Crippen LogP contribution < -0.4 is 9.62 Å². The van der Waals surface area contributed by atoms with Crippen LogP contribution in [0.25, 0.3) is 0 Å². The molecule has 7 nitrogen and oxygen atoms in total. The van der Waals surface area contributed by atoms with Crippen LogP contribution in [0.4, 0.5) is 5.69 Å². The molecule has 0 radical (unpaired) electrons. The number of halogens is 2. The van der Waals surface area contributed by atoms with Crippen molar-refractivity contribution in [3.8, 4) is 0 Å². The zero-order chi connectivity index (χ0) is 27.3. The molecule has 1 N–H and O–H groups in total. The third-order valence-corrected chi connectivity index (χ3v) is 7.41. The number of hydrogen-bond acceptors (Lipinski definition) is 4. The molecule has 0 aliphatic carbocycles. The van der Waals surface area contributed by atoms with Gasteiger partial charge in [0.1, 0.15) is 6.04 Å². The van der Waals surface area contributed by atoms with Crippen LogP contribution in [0.1, 0.15) is 51.7 Å². The average molecular weight is 557 g/mol. The van der Waals surface area contributed by atoms with Crippen molar-refractivity contribution in [3.05, 3.63) is 63.6 Å². The monoisotopic (exact) mass is 555 g/mol. The first-order valence-corrected chi connectivity index (χ1v) is 14.3. The van der Waals surface area contributed by atoms with Crippen LogP contribution in [0.3, 0.4) is 0 Å². The van der Waals surface area contributed by atoms with Gasteiger partial charge < -0.3 is 10.2 Å². The second kappa shape index (κ2) is 12.3. The van der Waals surface area contributed by atoms with Crippen molar-refractivity contribution in [2.75, 3.05) is 17.1 Å². The number of anilines is 1. The van der Waals surface area contributed by atoms with Gasteiger partial charge in [0.2, 0.25) is 21.8 Å². The molecule has 0 aliphatic rings. The fourth-order valence-corrected chi connectivity index (χ4v) is 4.89. The Labute approximate surface area is 224 Å². The number of rotatable bonds is 10. The molecule has 0 heterocycles. The number of nitrogens with one attached hydrogen (secondary N) is 1. The number of aryl methyl sites for hydroxylation is 1. The molecule has 0 bridgehead atoms. The smallest absolute Gasteiger partial charge is 0.242 e. The highest BCUT2D eigenvalue weighted by Gasteiger charge is 2.28. The van der Waals surface area contributed by atoms with Gasteiger partial charge in [-0.3, -0.25) is 13.9 Å². The van der Waals surface area contributed by atoms with E-state index in [0.717, 1.165) is 17.4 Å². The second-order valence-electron chi connectivity index (χ2n) is 9.96. The van der Waals surface area contributed by atoms with Crippen LogP contribution in [0.5, 0.6) is 0 Å². The predicted octanol–water partition coefficient (Wildman–Crippen LogP) is 5.18. The van der Waals surface area contributed by atoms with Crippen LogP contribution in [-0.2, 0) is 26.2 Å². The first kappa shape index (κ1) is 29.9. The van der Waals surface area contributed by atoms with Gasteiger partial charge in [-0.1, -0.05) is 47.0 Å². The highest BCUT2D eigenvalue weighted by molar-refractivity contribution is 7.92. The van der Waals surface area contributed by atoms with Crippen molar-refractivity contribution in [3.63, 3.8) is 0 Å². The standard InChI is InChI=1S/C26H35Cl2N3O4S/c1-18-9-12-21(13-10-18)31(36(6,34)35)15-7-8-24(32)30(19(2)25(33)29-26(3,4)5)17-20-11-14-22(27)23(28)16-20/h9-14,16,19H,7-8,15,17H2,1-6H3,(H,29,33)/t19-/m1/s1. The van der Waals surface area contributed by atoms with Crippen LogP contribution >= 0.6 is 23.2 Å². The van der Waals surface area contributed by atoms with Crippen LogP contribution in [0.2, 0.25) is 10.0 Å². The number of benzene rings is 2. The molecule has 0 spiro atoms. The molecule has 2 aromatic rings. The van der Waals surface area contributed by atoms with E-state index in [0.29, 0.717) is 15.7 Å². The summed E-state index contributed by atoms with van der Waals surface area (Å²) >= 11 is 12.2. The van der Waals surface area contributed by atoms with Crippen LogP contribution in [0, 0.1) is 6.92 Å². The van der Waals surface area contributed by atoms with E-state index in [1.54, 1.807) is 37.3 Å². The largest absolute Gasteiger partial charge is 0.350 e. The predicted molar refractivity (Wildman–Crippen MR) is 147 cm³/mol. The highest BCUT2D eigenvalue weighted by Crippen LogP contribution is 2.24. The summed E-state index contributed by atoms with van der Waals surface area (Å²) in [5.41, 5.74) is 1.82. The normalized spacial score (nSPS) is 12.7. The van der Waals surface area contributed by atoms with E-state index >= 15 is 0 Å². The van der Waals surface area contributed by atoms with E-state index in [9.17, 15) is 18.0 Å². The lowest BCUT2D eigenvalue weighted by atomic mass is 10.1. The van der Waals surface area contributed by atoms with Crippen LogP contribution in [0.15, 0.2) is 42.5 Å². The van der Waals surface area contributed by atoms with Gasteiger partial charge in [0.25, 0.3) is 0 Å².